The number of halogens is 3. The lowest BCUT2D eigenvalue weighted by molar-refractivity contribution is -0.159. The van der Waals surface area contributed by atoms with Crippen molar-refractivity contribution in [2.45, 2.75) is 32.0 Å². The van der Waals surface area contributed by atoms with Crippen LogP contribution in [0.5, 0.6) is 5.88 Å². The first-order valence-electron chi connectivity index (χ1n) is 8.21. The van der Waals surface area contributed by atoms with E-state index in [1.54, 1.807) is 6.92 Å². The molecule has 8 nitrogen and oxygen atoms in total. The minimum Gasteiger partial charge on any atom is -0.473 e. The first-order valence-corrected chi connectivity index (χ1v) is 9.82. The standard InChI is InChI=1S/C15H17F3N4O4S/c1-2-7-27(23,24)22-6-5-11(9-22)25-12-4-3-10(8-19-12)13-20-14(26-21-13)15(16,17)18/h3-4,8,11H,2,5-7,9H2,1H3. The zero-order valence-electron chi connectivity index (χ0n) is 14.3. The molecule has 1 atom stereocenters. The molecule has 27 heavy (non-hydrogen) atoms. The lowest BCUT2D eigenvalue weighted by Gasteiger charge is -2.16. The fourth-order valence-electron chi connectivity index (χ4n) is 2.64. The second-order valence-corrected chi connectivity index (χ2v) is 8.10. The molecule has 1 saturated heterocycles. The molecule has 1 aliphatic heterocycles. The number of nitrogens with zero attached hydrogens (tertiary/aromatic N) is 4. The van der Waals surface area contributed by atoms with Gasteiger partial charge in [0.25, 0.3) is 0 Å². The number of sulfonamides is 1. The van der Waals surface area contributed by atoms with Crippen LogP contribution in [0.3, 0.4) is 0 Å². The molecule has 0 amide bonds. The van der Waals surface area contributed by atoms with Crippen molar-refractivity contribution in [2.75, 3.05) is 18.8 Å². The molecule has 1 fully saturated rings. The molecule has 148 valence electrons. The van der Waals surface area contributed by atoms with E-state index >= 15 is 0 Å². The van der Waals surface area contributed by atoms with E-state index in [9.17, 15) is 21.6 Å². The molecule has 2 aromatic heterocycles. The number of pyridine rings is 1. The van der Waals surface area contributed by atoms with Crippen molar-refractivity contribution in [1.29, 1.82) is 0 Å². The van der Waals surface area contributed by atoms with E-state index in [1.807, 2.05) is 0 Å². The van der Waals surface area contributed by atoms with E-state index in [4.69, 9.17) is 4.74 Å². The summed E-state index contributed by atoms with van der Waals surface area (Å²) < 4.78 is 72.8. The molecule has 3 rings (SSSR count). The zero-order valence-corrected chi connectivity index (χ0v) is 15.1. The molecular formula is C15H17F3N4O4S. The number of ether oxygens (including phenoxy) is 1. The van der Waals surface area contributed by atoms with Crippen LogP contribution in [0, 0.1) is 0 Å². The number of rotatable bonds is 6. The Morgan fingerprint density at radius 3 is 2.74 bits per heavy atom. The molecule has 0 spiro atoms. The van der Waals surface area contributed by atoms with Crippen LogP contribution in [-0.2, 0) is 16.2 Å². The average molecular weight is 406 g/mol. The van der Waals surface area contributed by atoms with Crippen molar-refractivity contribution in [3.05, 3.63) is 24.2 Å². The highest BCUT2D eigenvalue weighted by molar-refractivity contribution is 7.89. The smallest absolute Gasteiger partial charge is 0.471 e. The van der Waals surface area contributed by atoms with Crippen LogP contribution >= 0.6 is 0 Å². The van der Waals surface area contributed by atoms with E-state index in [0.717, 1.165) is 0 Å². The van der Waals surface area contributed by atoms with Gasteiger partial charge in [0.15, 0.2) is 0 Å². The Hall–Kier alpha value is -2.21. The molecule has 0 radical (unpaired) electrons. The molecule has 0 saturated carbocycles. The van der Waals surface area contributed by atoms with Gasteiger partial charge in [-0.05, 0) is 18.9 Å². The van der Waals surface area contributed by atoms with E-state index in [2.05, 4.69) is 19.6 Å². The molecule has 0 aromatic carbocycles. The van der Waals surface area contributed by atoms with Crippen LogP contribution in [0.2, 0.25) is 0 Å². The third kappa shape index (κ3) is 4.56. The number of aromatic nitrogens is 3. The maximum Gasteiger partial charge on any atom is 0.471 e. The van der Waals surface area contributed by atoms with Crippen molar-refractivity contribution >= 4 is 10.0 Å². The fourth-order valence-corrected chi connectivity index (χ4v) is 4.19. The third-order valence-electron chi connectivity index (χ3n) is 3.91. The summed E-state index contributed by atoms with van der Waals surface area (Å²) in [5.74, 6) is -1.34. The van der Waals surface area contributed by atoms with Crippen molar-refractivity contribution in [2.24, 2.45) is 0 Å². The number of alkyl halides is 3. The van der Waals surface area contributed by atoms with Gasteiger partial charge in [0.2, 0.25) is 21.7 Å². The second kappa shape index (κ2) is 7.43. The van der Waals surface area contributed by atoms with Crippen molar-refractivity contribution in [3.63, 3.8) is 0 Å². The minimum atomic E-state index is -4.71. The van der Waals surface area contributed by atoms with Crippen LogP contribution in [0.1, 0.15) is 25.7 Å². The lowest BCUT2D eigenvalue weighted by atomic mass is 10.2. The van der Waals surface area contributed by atoms with Gasteiger partial charge in [-0.15, -0.1) is 0 Å². The first kappa shape index (κ1) is 19.5. The lowest BCUT2D eigenvalue weighted by Crippen LogP contribution is -2.32. The Kier molecular flexibility index (Phi) is 5.38. The molecule has 1 unspecified atom stereocenters. The van der Waals surface area contributed by atoms with E-state index < -0.39 is 22.1 Å². The summed E-state index contributed by atoms with van der Waals surface area (Å²) in [5.41, 5.74) is 0.236. The molecule has 0 N–H and O–H groups in total. The Labute approximate surface area is 153 Å². The molecule has 3 heterocycles. The third-order valence-corrected chi connectivity index (χ3v) is 5.96. The normalized spacial score (nSPS) is 18.7. The predicted molar refractivity (Wildman–Crippen MR) is 87.2 cm³/mol. The Morgan fingerprint density at radius 1 is 1.37 bits per heavy atom. The topological polar surface area (TPSA) is 98.4 Å². The SMILES string of the molecule is CCCS(=O)(=O)N1CCC(Oc2ccc(-c3noc(C(F)(F)F)n3)cn2)C1. The Bertz CT molecular complexity index is 883. The quantitative estimate of drug-likeness (QED) is 0.726. The second-order valence-electron chi connectivity index (χ2n) is 6.01. The molecule has 0 aliphatic carbocycles. The van der Waals surface area contributed by atoms with Gasteiger partial charge < -0.3 is 9.26 Å². The molecule has 2 aromatic rings. The fraction of sp³-hybridized carbons (Fsp3) is 0.533. The van der Waals surface area contributed by atoms with Gasteiger partial charge >= 0.3 is 12.1 Å². The maximum absolute atomic E-state index is 12.5. The summed E-state index contributed by atoms with van der Waals surface area (Å²) in [7, 11) is -3.27. The van der Waals surface area contributed by atoms with Crippen molar-refractivity contribution in [1.82, 2.24) is 19.4 Å². The first-order chi connectivity index (χ1) is 12.7. The van der Waals surface area contributed by atoms with Gasteiger partial charge in [0.1, 0.15) is 6.10 Å². The summed E-state index contributed by atoms with van der Waals surface area (Å²) in [5, 5.41) is 3.28. The zero-order chi connectivity index (χ0) is 19.7. The van der Waals surface area contributed by atoms with Crippen LogP contribution in [0.15, 0.2) is 22.9 Å². The highest BCUT2D eigenvalue weighted by Crippen LogP contribution is 2.29. The number of hydrogen-bond donors (Lipinski definition) is 0. The monoisotopic (exact) mass is 406 g/mol. The summed E-state index contributed by atoms with van der Waals surface area (Å²) >= 11 is 0. The van der Waals surface area contributed by atoms with Crippen molar-refractivity contribution < 1.29 is 30.8 Å². The Morgan fingerprint density at radius 2 is 2.15 bits per heavy atom. The van der Waals surface area contributed by atoms with Crippen LogP contribution < -0.4 is 4.74 Å². The van der Waals surface area contributed by atoms with E-state index in [0.29, 0.717) is 19.4 Å². The van der Waals surface area contributed by atoms with E-state index in [1.165, 1.54) is 22.6 Å². The van der Waals surface area contributed by atoms with Gasteiger partial charge in [0.05, 0.1) is 12.3 Å². The molecule has 12 heteroatoms. The van der Waals surface area contributed by atoms with E-state index in [-0.39, 0.29) is 35.7 Å². The van der Waals surface area contributed by atoms with Gasteiger partial charge in [-0.2, -0.15) is 22.5 Å². The summed E-state index contributed by atoms with van der Waals surface area (Å²) in [6.45, 7) is 2.42. The van der Waals surface area contributed by atoms with Gasteiger partial charge in [-0.3, -0.25) is 0 Å². The maximum atomic E-state index is 12.5. The summed E-state index contributed by atoms with van der Waals surface area (Å²) in [4.78, 5) is 7.30. The van der Waals surface area contributed by atoms with Gasteiger partial charge in [-0.1, -0.05) is 12.1 Å². The summed E-state index contributed by atoms with van der Waals surface area (Å²) in [6, 6.07) is 2.91. The van der Waals surface area contributed by atoms with Crippen LogP contribution in [0.25, 0.3) is 11.4 Å². The average Bonchev–Trinajstić information content (AvgIpc) is 3.25. The molecule has 0 bridgehead atoms. The minimum absolute atomic E-state index is 0.0945. The number of hydrogen-bond acceptors (Lipinski definition) is 7. The summed E-state index contributed by atoms with van der Waals surface area (Å²) in [6.07, 6.45) is -2.71. The molecular weight excluding hydrogens is 389 g/mol. The van der Waals surface area contributed by atoms with Crippen molar-refractivity contribution in [3.8, 4) is 17.3 Å². The van der Waals surface area contributed by atoms with Crippen LogP contribution in [-0.4, -0.2) is 52.8 Å². The molecule has 1 aliphatic rings. The van der Waals surface area contributed by atoms with Gasteiger partial charge in [-0.25, -0.2) is 13.4 Å². The predicted octanol–water partition coefficient (Wildman–Crippen LogP) is 2.34. The highest BCUT2D eigenvalue weighted by Gasteiger charge is 2.38. The van der Waals surface area contributed by atoms with Gasteiger partial charge in [0, 0.05) is 24.4 Å². The Balaban J connectivity index is 1.63. The van der Waals surface area contributed by atoms with Crippen LogP contribution in [0.4, 0.5) is 13.2 Å². The largest absolute Gasteiger partial charge is 0.473 e. The highest BCUT2D eigenvalue weighted by atomic mass is 32.2.